The van der Waals surface area contributed by atoms with Crippen molar-refractivity contribution in [3.05, 3.63) is 60.2 Å². The Morgan fingerprint density at radius 2 is 2.20 bits per heavy atom. The summed E-state index contributed by atoms with van der Waals surface area (Å²) in [5.41, 5.74) is 1.73. The number of furan rings is 1. The molecular formula is C20H22N2O3. The molecule has 4 rings (SSSR count). The number of para-hydroxylation sites is 1. The van der Waals surface area contributed by atoms with Crippen LogP contribution in [0.4, 0.5) is 0 Å². The average Bonchev–Trinajstić information content (AvgIpc) is 3.36. The number of aromatic amines is 1. The summed E-state index contributed by atoms with van der Waals surface area (Å²) in [4.78, 5) is 18.1. The van der Waals surface area contributed by atoms with Crippen LogP contribution in [0.2, 0.25) is 0 Å². The van der Waals surface area contributed by atoms with Gasteiger partial charge in [-0.3, -0.25) is 9.69 Å². The van der Waals surface area contributed by atoms with E-state index in [9.17, 15) is 9.90 Å². The second-order valence-electron chi connectivity index (χ2n) is 6.70. The normalized spacial score (nSPS) is 19.5. The molecule has 5 heteroatoms. The van der Waals surface area contributed by atoms with E-state index in [1.54, 1.807) is 24.6 Å². The molecular weight excluding hydrogens is 316 g/mol. The van der Waals surface area contributed by atoms with E-state index in [2.05, 4.69) is 9.88 Å². The Hall–Kier alpha value is -2.37. The van der Waals surface area contributed by atoms with Crippen molar-refractivity contribution < 1.29 is 14.3 Å². The van der Waals surface area contributed by atoms with Crippen LogP contribution in [0.3, 0.4) is 0 Å². The summed E-state index contributed by atoms with van der Waals surface area (Å²) in [7, 11) is 0. The van der Waals surface area contributed by atoms with Gasteiger partial charge in [0.25, 0.3) is 0 Å². The van der Waals surface area contributed by atoms with Gasteiger partial charge in [-0.2, -0.15) is 0 Å². The first-order valence-corrected chi connectivity index (χ1v) is 8.77. The second-order valence-corrected chi connectivity index (χ2v) is 6.70. The quantitative estimate of drug-likeness (QED) is 0.675. The second kappa shape index (κ2) is 6.86. The largest absolute Gasteiger partial charge is 0.467 e. The number of hydrogen-bond acceptors (Lipinski definition) is 4. The number of hydrogen-bond donors (Lipinski definition) is 2. The van der Waals surface area contributed by atoms with Gasteiger partial charge in [0, 0.05) is 28.7 Å². The van der Waals surface area contributed by atoms with Crippen LogP contribution >= 0.6 is 0 Å². The zero-order valence-corrected chi connectivity index (χ0v) is 14.0. The summed E-state index contributed by atoms with van der Waals surface area (Å²) in [6.45, 7) is 1.28. The first kappa shape index (κ1) is 16.1. The maximum Gasteiger partial charge on any atom is 0.178 e. The number of fused-ring (bicyclic) bond motifs is 1. The van der Waals surface area contributed by atoms with Gasteiger partial charge in [-0.05, 0) is 44.0 Å². The summed E-state index contributed by atoms with van der Waals surface area (Å²) in [6.07, 6.45) is 5.40. The lowest BCUT2D eigenvalue weighted by Gasteiger charge is -2.25. The highest BCUT2D eigenvalue weighted by molar-refractivity contribution is 6.08. The molecule has 1 fully saturated rings. The van der Waals surface area contributed by atoms with Gasteiger partial charge in [-0.25, -0.2) is 0 Å². The van der Waals surface area contributed by atoms with Gasteiger partial charge in [0.2, 0.25) is 0 Å². The van der Waals surface area contributed by atoms with Gasteiger partial charge >= 0.3 is 0 Å². The number of aliphatic hydroxyl groups is 1. The fourth-order valence-corrected chi connectivity index (χ4v) is 3.80. The number of Topliss-reactive ketones (excluding diaryl/α,β-unsaturated/α-hetero) is 1. The van der Waals surface area contributed by atoms with Crippen molar-refractivity contribution in [1.29, 1.82) is 0 Å². The lowest BCUT2D eigenvalue weighted by molar-refractivity contribution is 0.0829. The summed E-state index contributed by atoms with van der Waals surface area (Å²) >= 11 is 0. The fraction of sp³-hybridized carbons (Fsp3) is 0.350. The highest BCUT2D eigenvalue weighted by Gasteiger charge is 2.29. The number of carbonyl (C=O) groups excluding carboxylic acids is 1. The Balaban J connectivity index is 1.45. The number of aliphatic hydroxyl groups excluding tert-OH is 1. The molecule has 0 amide bonds. The molecule has 2 atom stereocenters. The van der Waals surface area contributed by atoms with Gasteiger partial charge in [-0.1, -0.05) is 18.2 Å². The Bertz CT molecular complexity index is 853. The molecule has 25 heavy (non-hydrogen) atoms. The standard InChI is InChI=1S/C20H22N2O3/c23-18(20-8-4-10-25-20)11-14-5-3-9-22(14)13-19(24)16-12-21-17-7-2-1-6-15(16)17/h1-2,4,6-8,10,12,14,18,21,23H,3,5,9,11,13H2. The Kier molecular flexibility index (Phi) is 4.42. The van der Waals surface area contributed by atoms with Crippen molar-refractivity contribution in [3.63, 3.8) is 0 Å². The van der Waals surface area contributed by atoms with Gasteiger partial charge < -0.3 is 14.5 Å². The van der Waals surface area contributed by atoms with Gasteiger partial charge in [0.05, 0.1) is 12.8 Å². The zero-order chi connectivity index (χ0) is 17.2. The minimum absolute atomic E-state index is 0.122. The van der Waals surface area contributed by atoms with Crippen LogP contribution in [-0.2, 0) is 0 Å². The summed E-state index contributed by atoms with van der Waals surface area (Å²) in [6, 6.07) is 11.6. The number of nitrogens with zero attached hydrogens (tertiary/aromatic N) is 1. The predicted octanol–water partition coefficient (Wildman–Crippen LogP) is 3.53. The molecule has 0 radical (unpaired) electrons. The minimum Gasteiger partial charge on any atom is -0.467 e. The molecule has 2 aromatic heterocycles. The van der Waals surface area contributed by atoms with Gasteiger partial charge in [-0.15, -0.1) is 0 Å². The third-order valence-electron chi connectivity index (χ3n) is 5.10. The number of nitrogens with one attached hydrogen (secondary N) is 1. The van der Waals surface area contributed by atoms with Gasteiger partial charge in [0.15, 0.2) is 5.78 Å². The van der Waals surface area contributed by atoms with E-state index in [-0.39, 0.29) is 11.8 Å². The van der Waals surface area contributed by atoms with Crippen molar-refractivity contribution in [2.24, 2.45) is 0 Å². The monoisotopic (exact) mass is 338 g/mol. The van der Waals surface area contributed by atoms with E-state index >= 15 is 0 Å². The lowest BCUT2D eigenvalue weighted by Crippen LogP contribution is -2.35. The van der Waals surface area contributed by atoms with Crippen molar-refractivity contribution in [1.82, 2.24) is 9.88 Å². The highest BCUT2D eigenvalue weighted by atomic mass is 16.4. The third kappa shape index (κ3) is 3.25. The molecule has 3 heterocycles. The van der Waals surface area contributed by atoms with Crippen LogP contribution in [0.1, 0.15) is 41.5 Å². The van der Waals surface area contributed by atoms with Crippen LogP contribution in [0.25, 0.3) is 10.9 Å². The number of H-pyrrole nitrogens is 1. The number of rotatable bonds is 6. The van der Waals surface area contributed by atoms with E-state index in [0.29, 0.717) is 18.7 Å². The van der Waals surface area contributed by atoms with Crippen LogP contribution in [0.5, 0.6) is 0 Å². The molecule has 2 N–H and O–H groups in total. The lowest BCUT2D eigenvalue weighted by atomic mass is 10.0. The molecule has 0 bridgehead atoms. The number of aromatic nitrogens is 1. The third-order valence-corrected chi connectivity index (χ3v) is 5.10. The molecule has 2 unspecified atom stereocenters. The predicted molar refractivity (Wildman–Crippen MR) is 95.5 cm³/mol. The molecule has 3 aromatic rings. The zero-order valence-electron chi connectivity index (χ0n) is 14.0. The summed E-state index contributed by atoms with van der Waals surface area (Å²) < 4.78 is 5.29. The van der Waals surface area contributed by atoms with Crippen LogP contribution in [0.15, 0.2) is 53.3 Å². The molecule has 0 aliphatic carbocycles. The van der Waals surface area contributed by atoms with Crippen molar-refractivity contribution in [3.8, 4) is 0 Å². The smallest absolute Gasteiger partial charge is 0.178 e. The maximum atomic E-state index is 12.8. The summed E-state index contributed by atoms with van der Waals surface area (Å²) in [5.74, 6) is 0.714. The van der Waals surface area contributed by atoms with Crippen LogP contribution in [0, 0.1) is 0 Å². The molecule has 0 saturated carbocycles. The number of ketones is 1. The SMILES string of the molecule is O=C(CN1CCCC1CC(O)c1ccco1)c1c[nH]c2ccccc12. The molecule has 1 aromatic carbocycles. The van der Waals surface area contributed by atoms with Crippen molar-refractivity contribution in [2.45, 2.75) is 31.4 Å². The molecule has 130 valence electrons. The van der Waals surface area contributed by atoms with Gasteiger partial charge in [0.1, 0.15) is 11.9 Å². The number of carbonyl (C=O) groups is 1. The Morgan fingerprint density at radius 3 is 3.04 bits per heavy atom. The van der Waals surface area contributed by atoms with E-state index < -0.39 is 6.10 Å². The van der Waals surface area contributed by atoms with E-state index in [1.807, 2.05) is 24.3 Å². The molecule has 1 aliphatic heterocycles. The van der Waals surface area contributed by atoms with E-state index in [0.717, 1.165) is 35.9 Å². The van der Waals surface area contributed by atoms with Crippen LogP contribution in [-0.4, -0.2) is 39.9 Å². The Labute approximate surface area is 146 Å². The highest BCUT2D eigenvalue weighted by Crippen LogP contribution is 2.28. The first-order chi connectivity index (χ1) is 12.2. The average molecular weight is 338 g/mol. The topological polar surface area (TPSA) is 69.5 Å². The maximum absolute atomic E-state index is 12.8. The number of benzene rings is 1. The van der Waals surface area contributed by atoms with Crippen LogP contribution < -0.4 is 0 Å². The minimum atomic E-state index is -0.621. The van der Waals surface area contributed by atoms with E-state index in [4.69, 9.17) is 4.42 Å². The molecule has 0 spiro atoms. The first-order valence-electron chi connectivity index (χ1n) is 8.77. The van der Waals surface area contributed by atoms with Crippen molar-refractivity contribution in [2.75, 3.05) is 13.1 Å². The fourth-order valence-electron chi connectivity index (χ4n) is 3.80. The van der Waals surface area contributed by atoms with Crippen molar-refractivity contribution >= 4 is 16.7 Å². The summed E-state index contributed by atoms with van der Waals surface area (Å²) in [5, 5.41) is 11.3. The molecule has 5 nitrogen and oxygen atoms in total. The Morgan fingerprint density at radius 1 is 1.32 bits per heavy atom. The number of likely N-dealkylation sites (tertiary alicyclic amines) is 1. The molecule has 1 aliphatic rings. The molecule has 1 saturated heterocycles. The van der Waals surface area contributed by atoms with E-state index in [1.165, 1.54) is 0 Å².